The Morgan fingerprint density at radius 2 is 1.68 bits per heavy atom. The first kappa shape index (κ1) is 14.0. The van der Waals surface area contributed by atoms with Crippen molar-refractivity contribution in [2.45, 2.75) is 30.5 Å². The second-order valence-electron chi connectivity index (χ2n) is 4.49. The summed E-state index contributed by atoms with van der Waals surface area (Å²) in [7, 11) is 0. The third-order valence-corrected chi connectivity index (χ3v) is 3.21. The lowest BCUT2D eigenvalue weighted by Gasteiger charge is -2.40. The molecular formula is C12H16O7. The summed E-state index contributed by atoms with van der Waals surface area (Å²) in [6.07, 6.45) is -6.58. The summed E-state index contributed by atoms with van der Waals surface area (Å²) in [5, 5.41) is 57.1. The van der Waals surface area contributed by atoms with E-state index in [1.165, 1.54) is 12.1 Å². The van der Waals surface area contributed by atoms with Crippen LogP contribution >= 0.6 is 0 Å². The van der Waals surface area contributed by atoms with Crippen molar-refractivity contribution in [1.82, 2.24) is 0 Å². The van der Waals surface area contributed by atoms with Crippen LogP contribution < -0.4 is 0 Å². The fourth-order valence-corrected chi connectivity index (χ4v) is 2.13. The lowest BCUT2D eigenvalue weighted by molar-refractivity contribution is -0.232. The van der Waals surface area contributed by atoms with Gasteiger partial charge in [0.2, 0.25) is 0 Å². The van der Waals surface area contributed by atoms with Gasteiger partial charge in [-0.15, -0.1) is 0 Å². The van der Waals surface area contributed by atoms with Crippen molar-refractivity contribution in [3.05, 3.63) is 23.8 Å². The Morgan fingerprint density at radius 3 is 2.26 bits per heavy atom. The summed E-state index contributed by atoms with van der Waals surface area (Å²) in [5.74, 6) is -0.477. The number of phenols is 2. The molecule has 0 amide bonds. The maximum Gasteiger partial charge on any atom is 0.125 e. The highest BCUT2D eigenvalue weighted by molar-refractivity contribution is 5.41. The Balaban J connectivity index is 2.32. The molecule has 1 heterocycles. The number of benzene rings is 1. The number of aliphatic hydroxyl groups excluding tert-OH is 4. The van der Waals surface area contributed by atoms with E-state index in [9.17, 15) is 25.5 Å². The first-order valence-electron chi connectivity index (χ1n) is 5.78. The summed E-state index contributed by atoms with van der Waals surface area (Å²) in [6, 6.07) is 3.69. The van der Waals surface area contributed by atoms with E-state index >= 15 is 0 Å². The molecule has 1 aromatic rings. The molecule has 0 aromatic heterocycles. The van der Waals surface area contributed by atoms with E-state index in [1.807, 2.05) is 0 Å². The molecule has 106 valence electrons. The number of rotatable bonds is 2. The maximum absolute atomic E-state index is 9.88. The monoisotopic (exact) mass is 272 g/mol. The SMILES string of the molecule is OC[C@H]1O[C@@H](c2ccc(O)cc2O)[C@H](O)[C@@H](O)[C@@H]1O. The second-order valence-corrected chi connectivity index (χ2v) is 4.49. The van der Waals surface area contributed by atoms with E-state index < -0.39 is 37.1 Å². The lowest BCUT2D eigenvalue weighted by atomic mass is 9.91. The minimum absolute atomic E-state index is 0.148. The third kappa shape index (κ3) is 2.51. The molecule has 5 atom stereocenters. The van der Waals surface area contributed by atoms with Crippen LogP contribution in [0.5, 0.6) is 11.5 Å². The molecule has 7 heteroatoms. The van der Waals surface area contributed by atoms with Crippen LogP contribution in [0.1, 0.15) is 11.7 Å². The van der Waals surface area contributed by atoms with E-state index in [2.05, 4.69) is 0 Å². The molecule has 6 N–H and O–H groups in total. The van der Waals surface area contributed by atoms with Gasteiger partial charge in [-0.1, -0.05) is 0 Å². The zero-order valence-corrected chi connectivity index (χ0v) is 9.92. The van der Waals surface area contributed by atoms with Gasteiger partial charge in [-0.2, -0.15) is 0 Å². The fourth-order valence-electron chi connectivity index (χ4n) is 2.13. The van der Waals surface area contributed by atoms with Gasteiger partial charge in [-0.05, 0) is 12.1 Å². The molecule has 1 saturated heterocycles. The average molecular weight is 272 g/mol. The van der Waals surface area contributed by atoms with Gasteiger partial charge < -0.3 is 35.4 Å². The number of hydrogen-bond donors (Lipinski definition) is 6. The first-order valence-corrected chi connectivity index (χ1v) is 5.78. The van der Waals surface area contributed by atoms with Crippen LogP contribution in [0, 0.1) is 0 Å². The molecule has 1 aliphatic rings. The van der Waals surface area contributed by atoms with Crippen molar-refractivity contribution in [1.29, 1.82) is 0 Å². The number of aromatic hydroxyl groups is 2. The van der Waals surface area contributed by atoms with Gasteiger partial charge >= 0.3 is 0 Å². The Labute approximate surface area is 108 Å². The van der Waals surface area contributed by atoms with Crippen molar-refractivity contribution in [2.75, 3.05) is 6.61 Å². The van der Waals surface area contributed by atoms with E-state index in [0.29, 0.717) is 0 Å². The number of phenolic OH excluding ortho intramolecular Hbond substituents is 2. The normalized spacial score (nSPS) is 35.3. The van der Waals surface area contributed by atoms with Gasteiger partial charge in [-0.25, -0.2) is 0 Å². The maximum atomic E-state index is 9.88. The highest BCUT2D eigenvalue weighted by Crippen LogP contribution is 2.37. The van der Waals surface area contributed by atoms with Crippen LogP contribution in [0.25, 0.3) is 0 Å². The van der Waals surface area contributed by atoms with Crippen molar-refractivity contribution < 1.29 is 35.4 Å². The Hall–Kier alpha value is -1.38. The van der Waals surface area contributed by atoms with E-state index in [4.69, 9.17) is 9.84 Å². The summed E-state index contributed by atoms with van der Waals surface area (Å²) >= 11 is 0. The van der Waals surface area contributed by atoms with Crippen LogP contribution in [0.3, 0.4) is 0 Å². The molecule has 0 radical (unpaired) electrons. The molecule has 1 aliphatic heterocycles. The molecule has 19 heavy (non-hydrogen) atoms. The standard InChI is InChI=1S/C12H16O7/c13-4-8-9(16)10(17)11(18)12(19-8)6-2-1-5(14)3-7(6)15/h1-3,8-18H,4H2/t8-,9-,10+,11-,12+/m1/s1. The topological polar surface area (TPSA) is 131 Å². The second kappa shape index (κ2) is 5.32. The minimum atomic E-state index is -1.51. The molecule has 0 saturated carbocycles. The average Bonchev–Trinajstić information content (AvgIpc) is 2.38. The van der Waals surface area contributed by atoms with Crippen LogP contribution in [0.4, 0.5) is 0 Å². The Bertz CT molecular complexity index is 448. The number of ether oxygens (including phenoxy) is 1. The van der Waals surface area contributed by atoms with Crippen LogP contribution in [0.2, 0.25) is 0 Å². The van der Waals surface area contributed by atoms with Crippen molar-refractivity contribution in [3.8, 4) is 11.5 Å². The highest BCUT2D eigenvalue weighted by Gasteiger charge is 2.44. The fraction of sp³-hybridized carbons (Fsp3) is 0.500. The van der Waals surface area contributed by atoms with Gasteiger partial charge in [0.1, 0.15) is 42.0 Å². The predicted molar refractivity (Wildman–Crippen MR) is 62.5 cm³/mol. The van der Waals surface area contributed by atoms with Gasteiger partial charge in [-0.3, -0.25) is 0 Å². The van der Waals surface area contributed by atoms with Gasteiger partial charge in [0.25, 0.3) is 0 Å². The molecule has 0 spiro atoms. The third-order valence-electron chi connectivity index (χ3n) is 3.21. The molecule has 2 rings (SSSR count). The van der Waals surface area contributed by atoms with E-state index in [0.717, 1.165) is 6.07 Å². The lowest BCUT2D eigenvalue weighted by Crippen LogP contribution is -2.55. The predicted octanol–water partition coefficient (Wildman–Crippen LogP) is -1.39. The van der Waals surface area contributed by atoms with E-state index in [1.54, 1.807) is 0 Å². The summed E-state index contributed by atoms with van der Waals surface area (Å²) in [5.41, 5.74) is 0.148. The number of hydrogen-bond acceptors (Lipinski definition) is 7. The van der Waals surface area contributed by atoms with Gasteiger partial charge in [0.05, 0.1) is 6.61 Å². The molecule has 0 aliphatic carbocycles. The minimum Gasteiger partial charge on any atom is -0.508 e. The quantitative estimate of drug-likeness (QED) is 0.391. The van der Waals surface area contributed by atoms with Crippen LogP contribution in [0.15, 0.2) is 18.2 Å². The largest absolute Gasteiger partial charge is 0.508 e. The molecule has 7 nitrogen and oxygen atoms in total. The van der Waals surface area contributed by atoms with Crippen molar-refractivity contribution >= 4 is 0 Å². The van der Waals surface area contributed by atoms with Crippen LogP contribution in [-0.2, 0) is 4.74 Å². The van der Waals surface area contributed by atoms with E-state index in [-0.39, 0.29) is 17.1 Å². The highest BCUT2D eigenvalue weighted by atomic mass is 16.5. The summed E-state index contributed by atoms with van der Waals surface area (Å²) in [6.45, 7) is -0.541. The molecule has 1 aromatic carbocycles. The number of aliphatic hydroxyl groups is 4. The Kier molecular flexibility index (Phi) is 3.93. The van der Waals surface area contributed by atoms with Crippen LogP contribution in [-0.4, -0.2) is 61.7 Å². The summed E-state index contributed by atoms with van der Waals surface area (Å²) < 4.78 is 5.29. The molecule has 0 bridgehead atoms. The summed E-state index contributed by atoms with van der Waals surface area (Å²) in [4.78, 5) is 0. The van der Waals surface area contributed by atoms with Gasteiger partial charge in [0, 0.05) is 11.6 Å². The molecule has 0 unspecified atom stereocenters. The molecular weight excluding hydrogens is 256 g/mol. The Morgan fingerprint density at radius 1 is 1.00 bits per heavy atom. The zero-order chi connectivity index (χ0) is 14.2. The van der Waals surface area contributed by atoms with Crippen molar-refractivity contribution in [3.63, 3.8) is 0 Å². The van der Waals surface area contributed by atoms with Gasteiger partial charge in [0.15, 0.2) is 0 Å². The smallest absolute Gasteiger partial charge is 0.125 e. The zero-order valence-electron chi connectivity index (χ0n) is 9.92. The molecule has 1 fully saturated rings. The first-order chi connectivity index (χ1) is 8.95. The van der Waals surface area contributed by atoms with Crippen molar-refractivity contribution in [2.24, 2.45) is 0 Å².